The summed E-state index contributed by atoms with van der Waals surface area (Å²) < 4.78 is 13.0. The Bertz CT molecular complexity index is 640. The predicted molar refractivity (Wildman–Crippen MR) is 83.9 cm³/mol. The molecule has 0 radical (unpaired) electrons. The van der Waals surface area contributed by atoms with Crippen molar-refractivity contribution < 1.29 is 14.6 Å². The highest BCUT2D eigenvalue weighted by molar-refractivity contribution is 9.10. The highest BCUT2D eigenvalue weighted by atomic mass is 79.9. The maximum absolute atomic E-state index is 10.5. The van der Waals surface area contributed by atoms with Crippen LogP contribution in [0.15, 0.2) is 22.7 Å². The maximum Gasteiger partial charge on any atom is 0.217 e. The standard InChI is InChI=1S/C15H19BrN2O3/c1-9-14(15(21-4)18(2)17-9)12(19)8-10-5-6-13(20-3)11(16)7-10/h5-7,12,19H,8H2,1-4H3. The van der Waals surface area contributed by atoms with E-state index in [1.54, 1.807) is 25.9 Å². The number of hydrogen-bond acceptors (Lipinski definition) is 4. The highest BCUT2D eigenvalue weighted by Crippen LogP contribution is 2.32. The largest absolute Gasteiger partial charge is 0.496 e. The average Bonchev–Trinajstić information content (AvgIpc) is 2.72. The molecule has 0 aliphatic rings. The molecule has 0 amide bonds. The van der Waals surface area contributed by atoms with E-state index in [0.717, 1.165) is 27.0 Å². The van der Waals surface area contributed by atoms with E-state index >= 15 is 0 Å². The van der Waals surface area contributed by atoms with Crippen molar-refractivity contribution in [3.8, 4) is 11.6 Å². The van der Waals surface area contributed by atoms with E-state index in [1.165, 1.54) is 0 Å². The predicted octanol–water partition coefficient (Wildman–Crippen LogP) is 2.78. The van der Waals surface area contributed by atoms with Gasteiger partial charge in [0.2, 0.25) is 5.88 Å². The van der Waals surface area contributed by atoms with E-state index in [0.29, 0.717) is 12.3 Å². The van der Waals surface area contributed by atoms with Crippen LogP contribution in [0.2, 0.25) is 0 Å². The van der Waals surface area contributed by atoms with Gasteiger partial charge in [0.05, 0.1) is 36.1 Å². The molecule has 1 unspecified atom stereocenters. The monoisotopic (exact) mass is 354 g/mol. The van der Waals surface area contributed by atoms with Gasteiger partial charge in [0.15, 0.2) is 0 Å². The van der Waals surface area contributed by atoms with Gasteiger partial charge < -0.3 is 14.6 Å². The number of methoxy groups -OCH3 is 2. The third-order valence-electron chi connectivity index (χ3n) is 3.39. The number of benzene rings is 1. The van der Waals surface area contributed by atoms with Crippen LogP contribution in [-0.2, 0) is 13.5 Å². The molecule has 5 nitrogen and oxygen atoms in total. The lowest BCUT2D eigenvalue weighted by Gasteiger charge is -2.13. The Morgan fingerprint density at radius 2 is 2.05 bits per heavy atom. The summed E-state index contributed by atoms with van der Waals surface area (Å²) in [5.74, 6) is 1.36. The normalized spacial score (nSPS) is 12.3. The second kappa shape index (κ2) is 6.49. The number of aromatic nitrogens is 2. The molecule has 1 atom stereocenters. The van der Waals surface area contributed by atoms with Gasteiger partial charge in [0.25, 0.3) is 0 Å². The molecule has 1 N–H and O–H groups in total. The van der Waals surface area contributed by atoms with Crippen molar-refractivity contribution in [2.45, 2.75) is 19.4 Å². The molecule has 2 rings (SSSR count). The smallest absolute Gasteiger partial charge is 0.217 e. The molecule has 0 aliphatic carbocycles. The zero-order valence-corrected chi connectivity index (χ0v) is 14.1. The van der Waals surface area contributed by atoms with Gasteiger partial charge in [-0.05, 0) is 40.5 Å². The van der Waals surface area contributed by atoms with E-state index in [9.17, 15) is 5.11 Å². The molecule has 0 aliphatic heterocycles. The molecule has 1 aromatic carbocycles. The highest BCUT2D eigenvalue weighted by Gasteiger charge is 2.22. The molecule has 0 bridgehead atoms. The van der Waals surface area contributed by atoms with E-state index in [4.69, 9.17) is 9.47 Å². The van der Waals surface area contributed by atoms with Crippen molar-refractivity contribution in [1.29, 1.82) is 0 Å². The zero-order valence-electron chi connectivity index (χ0n) is 12.6. The molecular formula is C15H19BrN2O3. The van der Waals surface area contributed by atoms with E-state index in [-0.39, 0.29) is 0 Å². The first kappa shape index (κ1) is 15.9. The molecule has 6 heteroatoms. The molecule has 1 heterocycles. The number of rotatable bonds is 5. The Morgan fingerprint density at radius 3 is 2.62 bits per heavy atom. The molecule has 21 heavy (non-hydrogen) atoms. The van der Waals surface area contributed by atoms with Crippen LogP contribution < -0.4 is 9.47 Å². The number of ether oxygens (including phenoxy) is 2. The fraction of sp³-hybridized carbons (Fsp3) is 0.400. The number of aliphatic hydroxyl groups is 1. The Hall–Kier alpha value is -1.53. The van der Waals surface area contributed by atoms with Crippen LogP contribution in [0.1, 0.15) is 22.9 Å². The number of hydrogen-bond donors (Lipinski definition) is 1. The second-order valence-corrected chi connectivity index (χ2v) is 5.68. The summed E-state index contributed by atoms with van der Waals surface area (Å²) in [6, 6.07) is 5.75. The van der Waals surface area contributed by atoms with Crippen molar-refractivity contribution in [3.05, 3.63) is 39.5 Å². The zero-order chi connectivity index (χ0) is 15.6. The Morgan fingerprint density at radius 1 is 1.33 bits per heavy atom. The Kier molecular flexibility index (Phi) is 4.90. The van der Waals surface area contributed by atoms with Crippen LogP contribution in [0, 0.1) is 6.92 Å². The Balaban J connectivity index is 2.26. The first-order valence-electron chi connectivity index (χ1n) is 6.55. The second-order valence-electron chi connectivity index (χ2n) is 4.82. The van der Waals surface area contributed by atoms with Crippen molar-refractivity contribution in [2.75, 3.05) is 14.2 Å². The third-order valence-corrected chi connectivity index (χ3v) is 4.01. The number of halogens is 1. The van der Waals surface area contributed by atoms with E-state index < -0.39 is 6.10 Å². The number of aliphatic hydroxyl groups excluding tert-OH is 1. The molecule has 1 aromatic heterocycles. The van der Waals surface area contributed by atoms with Crippen molar-refractivity contribution in [1.82, 2.24) is 9.78 Å². The average molecular weight is 355 g/mol. The van der Waals surface area contributed by atoms with Gasteiger partial charge in [-0.2, -0.15) is 5.10 Å². The quantitative estimate of drug-likeness (QED) is 0.896. The summed E-state index contributed by atoms with van der Waals surface area (Å²) >= 11 is 3.45. The Labute approximate surface area is 132 Å². The number of aryl methyl sites for hydroxylation is 2. The van der Waals surface area contributed by atoms with Gasteiger partial charge >= 0.3 is 0 Å². The lowest BCUT2D eigenvalue weighted by Crippen LogP contribution is -2.05. The molecule has 2 aromatic rings. The van der Waals surface area contributed by atoms with Crippen LogP contribution in [0.4, 0.5) is 0 Å². The molecular weight excluding hydrogens is 336 g/mol. The van der Waals surface area contributed by atoms with Gasteiger partial charge in [-0.1, -0.05) is 6.07 Å². The van der Waals surface area contributed by atoms with Crippen LogP contribution in [0.25, 0.3) is 0 Å². The minimum atomic E-state index is -0.672. The molecule has 0 spiro atoms. The van der Waals surface area contributed by atoms with E-state index in [2.05, 4.69) is 21.0 Å². The summed E-state index contributed by atoms with van der Waals surface area (Å²) in [7, 11) is 5.00. The fourth-order valence-electron chi connectivity index (χ4n) is 2.44. The van der Waals surface area contributed by atoms with Gasteiger partial charge in [0.1, 0.15) is 5.75 Å². The van der Waals surface area contributed by atoms with Crippen molar-refractivity contribution in [3.63, 3.8) is 0 Å². The van der Waals surface area contributed by atoms with Crippen LogP contribution >= 0.6 is 15.9 Å². The SMILES string of the molecule is COc1ccc(CC(O)c2c(C)nn(C)c2OC)cc1Br. The summed E-state index contributed by atoms with van der Waals surface area (Å²) in [4.78, 5) is 0. The first-order chi connectivity index (χ1) is 9.97. The number of nitrogens with zero attached hydrogens (tertiary/aromatic N) is 2. The topological polar surface area (TPSA) is 56.5 Å². The van der Waals surface area contributed by atoms with Gasteiger partial charge in [-0.25, -0.2) is 4.68 Å². The van der Waals surface area contributed by atoms with Gasteiger partial charge in [-0.15, -0.1) is 0 Å². The van der Waals surface area contributed by atoms with Crippen LogP contribution in [0.5, 0.6) is 11.6 Å². The molecule has 0 saturated heterocycles. The summed E-state index contributed by atoms with van der Waals surface area (Å²) in [5.41, 5.74) is 2.50. The lowest BCUT2D eigenvalue weighted by molar-refractivity contribution is 0.172. The van der Waals surface area contributed by atoms with Gasteiger partial charge in [-0.3, -0.25) is 0 Å². The van der Waals surface area contributed by atoms with Crippen molar-refractivity contribution in [2.24, 2.45) is 7.05 Å². The summed E-state index contributed by atoms with van der Waals surface area (Å²) in [5, 5.41) is 14.8. The minimum Gasteiger partial charge on any atom is -0.496 e. The summed E-state index contributed by atoms with van der Waals surface area (Å²) in [6.45, 7) is 1.87. The molecule has 114 valence electrons. The van der Waals surface area contributed by atoms with Crippen molar-refractivity contribution >= 4 is 15.9 Å². The molecule has 0 fully saturated rings. The maximum atomic E-state index is 10.5. The van der Waals surface area contributed by atoms with Gasteiger partial charge in [0, 0.05) is 13.5 Å². The third kappa shape index (κ3) is 3.22. The molecule has 0 saturated carbocycles. The summed E-state index contributed by atoms with van der Waals surface area (Å²) in [6.07, 6.45) is -0.195. The van der Waals surface area contributed by atoms with Crippen LogP contribution in [0.3, 0.4) is 0 Å². The lowest BCUT2D eigenvalue weighted by atomic mass is 10.0. The van der Waals surface area contributed by atoms with E-state index in [1.807, 2.05) is 25.1 Å². The fourth-order valence-corrected chi connectivity index (χ4v) is 3.03. The minimum absolute atomic E-state index is 0.478. The van der Waals surface area contributed by atoms with Crippen LogP contribution in [-0.4, -0.2) is 29.1 Å². The first-order valence-corrected chi connectivity index (χ1v) is 7.35.